The van der Waals surface area contributed by atoms with E-state index in [0.29, 0.717) is 0 Å². The zero-order chi connectivity index (χ0) is 20.5. The molecular weight excluding hydrogens is 372 g/mol. The third-order valence-corrected chi connectivity index (χ3v) is 5.91. The molecule has 0 atom stereocenters. The summed E-state index contributed by atoms with van der Waals surface area (Å²) in [6, 6.07) is 3.91. The Hall–Kier alpha value is -3.07. The topological polar surface area (TPSA) is 161 Å². The Morgan fingerprint density at radius 2 is 1.15 bits per heavy atom. The lowest BCUT2D eigenvalue weighted by molar-refractivity contribution is 0.0978. The van der Waals surface area contributed by atoms with Crippen LogP contribution in [0.15, 0.2) is 34.1 Å². The highest BCUT2D eigenvalue weighted by Gasteiger charge is 2.30. The van der Waals surface area contributed by atoms with E-state index < -0.39 is 42.7 Å². The molecule has 0 radical (unpaired) electrons. The van der Waals surface area contributed by atoms with Gasteiger partial charge in [-0.25, -0.2) is 8.42 Å². The van der Waals surface area contributed by atoms with Crippen molar-refractivity contribution in [3.05, 3.63) is 35.4 Å². The molecule has 0 aliphatic rings. The lowest BCUT2D eigenvalue weighted by Crippen LogP contribution is -2.14. The van der Waals surface area contributed by atoms with Crippen LogP contribution in [0, 0.1) is 0 Å². The molecule has 0 bridgehead atoms. The van der Waals surface area contributed by atoms with Crippen molar-refractivity contribution in [2.45, 2.75) is 36.5 Å². The van der Waals surface area contributed by atoms with Gasteiger partial charge in [-0.1, -0.05) is 13.8 Å². The van der Waals surface area contributed by atoms with E-state index in [2.05, 4.69) is 0 Å². The molecule has 2 aromatic rings. The smallest absolute Gasteiger partial charge is 0.208 e. The van der Waals surface area contributed by atoms with Crippen LogP contribution in [0.4, 0.5) is 11.4 Å². The van der Waals surface area contributed by atoms with Crippen molar-refractivity contribution < 1.29 is 28.2 Å². The Morgan fingerprint density at radius 3 is 1.44 bits per heavy atom. The number of nitrogens with two attached hydrogens (primary N) is 2. The summed E-state index contributed by atoms with van der Waals surface area (Å²) in [5, 5.41) is 19.6. The summed E-state index contributed by atoms with van der Waals surface area (Å²) in [6.07, 6.45) is -0.0192. The van der Waals surface area contributed by atoms with Crippen LogP contribution in [-0.4, -0.2) is 30.2 Å². The van der Waals surface area contributed by atoms with E-state index in [-0.39, 0.29) is 35.3 Å². The number of aromatic hydroxyl groups is 2. The molecule has 9 heteroatoms. The molecule has 27 heavy (non-hydrogen) atoms. The predicted octanol–water partition coefficient (Wildman–Crippen LogP) is 2.28. The van der Waals surface area contributed by atoms with E-state index in [9.17, 15) is 28.2 Å². The number of sulfone groups is 1. The van der Waals surface area contributed by atoms with Gasteiger partial charge in [-0.3, -0.25) is 9.59 Å². The first-order valence-electron chi connectivity index (χ1n) is 8.11. The van der Waals surface area contributed by atoms with Gasteiger partial charge in [0.2, 0.25) is 9.84 Å². The highest BCUT2D eigenvalue weighted by molar-refractivity contribution is 7.91. The van der Waals surface area contributed by atoms with E-state index in [4.69, 9.17) is 11.5 Å². The Kier molecular flexibility index (Phi) is 5.46. The van der Waals surface area contributed by atoms with Crippen molar-refractivity contribution >= 4 is 32.8 Å². The van der Waals surface area contributed by atoms with Crippen LogP contribution in [0.2, 0.25) is 0 Å². The van der Waals surface area contributed by atoms with Gasteiger partial charge in [0.25, 0.3) is 0 Å². The third kappa shape index (κ3) is 3.59. The molecule has 0 unspecified atom stereocenters. The fourth-order valence-electron chi connectivity index (χ4n) is 2.55. The van der Waals surface area contributed by atoms with Crippen molar-refractivity contribution in [3.63, 3.8) is 0 Å². The summed E-state index contributed by atoms with van der Waals surface area (Å²) in [5.41, 5.74) is 10.3. The Morgan fingerprint density at radius 1 is 0.815 bits per heavy atom. The molecule has 0 heterocycles. The van der Waals surface area contributed by atoms with Crippen LogP contribution in [0.1, 0.15) is 47.4 Å². The van der Waals surface area contributed by atoms with Gasteiger partial charge in [0.05, 0.1) is 21.2 Å². The van der Waals surface area contributed by atoms with Gasteiger partial charge < -0.3 is 21.7 Å². The van der Waals surface area contributed by atoms with Crippen LogP contribution in [0.5, 0.6) is 11.5 Å². The number of anilines is 2. The average Bonchev–Trinajstić information content (AvgIpc) is 2.63. The van der Waals surface area contributed by atoms with Gasteiger partial charge in [-0.15, -0.1) is 0 Å². The van der Waals surface area contributed by atoms with E-state index in [1.165, 1.54) is 13.8 Å². The fraction of sp³-hybridized carbons (Fsp3) is 0.222. The molecule has 2 aromatic carbocycles. The van der Waals surface area contributed by atoms with Gasteiger partial charge >= 0.3 is 0 Å². The Balaban J connectivity index is 2.89. The summed E-state index contributed by atoms with van der Waals surface area (Å²) in [4.78, 5) is 23.6. The number of hydrogen-bond acceptors (Lipinski definition) is 8. The number of carbonyl (C=O) groups is 2. The molecule has 2 rings (SSSR count). The highest BCUT2D eigenvalue weighted by Crippen LogP contribution is 2.36. The quantitative estimate of drug-likeness (QED) is 0.331. The minimum Gasteiger partial charge on any atom is -0.506 e. The maximum atomic E-state index is 13.3. The maximum Gasteiger partial charge on any atom is 0.208 e. The van der Waals surface area contributed by atoms with E-state index in [1.54, 1.807) is 0 Å². The van der Waals surface area contributed by atoms with E-state index in [1.807, 2.05) is 0 Å². The average molecular weight is 392 g/mol. The second-order valence-corrected chi connectivity index (χ2v) is 7.76. The third-order valence-electron chi connectivity index (χ3n) is 4.08. The SMILES string of the molecule is CCC(=O)c1cc(O)c(N)cc1S(=O)(=O)c1cc(N)c(O)cc1C(=O)CC. The Labute approximate surface area is 156 Å². The molecule has 0 saturated heterocycles. The summed E-state index contributed by atoms with van der Waals surface area (Å²) in [7, 11) is -4.41. The second kappa shape index (κ2) is 7.28. The van der Waals surface area contributed by atoms with Gasteiger partial charge in [0, 0.05) is 24.0 Å². The van der Waals surface area contributed by atoms with Crippen molar-refractivity contribution in [3.8, 4) is 11.5 Å². The molecule has 0 amide bonds. The summed E-state index contributed by atoms with van der Waals surface area (Å²) < 4.78 is 26.5. The molecule has 0 aliphatic carbocycles. The molecular formula is C18H20N2O6S. The number of benzene rings is 2. The van der Waals surface area contributed by atoms with Crippen LogP contribution < -0.4 is 11.5 Å². The number of phenolic OH excluding ortho intramolecular Hbond substituents is 2. The van der Waals surface area contributed by atoms with Gasteiger partial charge in [-0.2, -0.15) is 0 Å². The van der Waals surface area contributed by atoms with Crippen LogP contribution in [-0.2, 0) is 9.84 Å². The van der Waals surface area contributed by atoms with Crippen LogP contribution >= 0.6 is 0 Å². The Bertz CT molecular complexity index is 967. The minimum atomic E-state index is -4.41. The first kappa shape index (κ1) is 20.2. The fourth-order valence-corrected chi connectivity index (χ4v) is 4.27. The number of nitrogen functional groups attached to an aromatic ring is 2. The summed E-state index contributed by atoms with van der Waals surface area (Å²) in [6.45, 7) is 3.08. The largest absolute Gasteiger partial charge is 0.506 e. The second-order valence-electron chi connectivity index (χ2n) is 5.87. The number of ketones is 2. The van der Waals surface area contributed by atoms with Crippen molar-refractivity contribution in [2.24, 2.45) is 0 Å². The molecule has 0 fully saturated rings. The van der Waals surface area contributed by atoms with Crippen molar-refractivity contribution in [2.75, 3.05) is 11.5 Å². The maximum absolute atomic E-state index is 13.3. The van der Waals surface area contributed by atoms with Gasteiger partial charge in [0.1, 0.15) is 11.5 Å². The minimum absolute atomic E-state index is 0.00958. The molecule has 6 N–H and O–H groups in total. The number of phenols is 2. The predicted molar refractivity (Wildman–Crippen MR) is 99.7 cm³/mol. The zero-order valence-electron chi connectivity index (χ0n) is 14.8. The number of carbonyl (C=O) groups excluding carboxylic acids is 2. The van der Waals surface area contributed by atoms with Gasteiger partial charge in [0.15, 0.2) is 11.6 Å². The molecule has 8 nitrogen and oxygen atoms in total. The first-order chi connectivity index (χ1) is 12.5. The summed E-state index contributed by atoms with van der Waals surface area (Å²) in [5.74, 6) is -1.92. The lowest BCUT2D eigenvalue weighted by atomic mass is 10.1. The molecule has 0 saturated carbocycles. The van der Waals surface area contributed by atoms with E-state index in [0.717, 1.165) is 24.3 Å². The number of Topliss-reactive ketones (excluding diaryl/α,β-unsaturated/α-hetero) is 2. The van der Waals surface area contributed by atoms with Crippen LogP contribution in [0.25, 0.3) is 0 Å². The standard InChI is InChI=1S/C18H20N2O6S/c1-3-13(21)9-5-15(23)11(19)7-17(9)27(25,26)18-8-12(20)16(24)6-10(18)14(22)4-2/h5-8,23-24H,3-4,19-20H2,1-2H3. The van der Waals surface area contributed by atoms with E-state index >= 15 is 0 Å². The number of hydrogen-bond donors (Lipinski definition) is 4. The zero-order valence-corrected chi connectivity index (χ0v) is 15.6. The normalized spacial score (nSPS) is 11.3. The molecule has 0 aliphatic heterocycles. The lowest BCUT2D eigenvalue weighted by Gasteiger charge is -2.15. The van der Waals surface area contributed by atoms with Gasteiger partial charge in [-0.05, 0) is 24.3 Å². The molecule has 0 spiro atoms. The van der Waals surface area contributed by atoms with Crippen molar-refractivity contribution in [1.82, 2.24) is 0 Å². The highest BCUT2D eigenvalue weighted by atomic mass is 32.2. The summed E-state index contributed by atoms with van der Waals surface area (Å²) >= 11 is 0. The molecule has 144 valence electrons. The monoisotopic (exact) mass is 392 g/mol. The first-order valence-corrected chi connectivity index (χ1v) is 9.59. The van der Waals surface area contributed by atoms with Crippen LogP contribution in [0.3, 0.4) is 0 Å². The van der Waals surface area contributed by atoms with Crippen molar-refractivity contribution in [1.29, 1.82) is 0 Å². The molecule has 0 aromatic heterocycles. The number of rotatable bonds is 6.